The zero-order valence-electron chi connectivity index (χ0n) is 12.8. The van der Waals surface area contributed by atoms with Crippen LogP contribution in [0.2, 0.25) is 0 Å². The predicted molar refractivity (Wildman–Crippen MR) is 86.1 cm³/mol. The SMILES string of the molecule is Cc1ccc(Cn2cnc3c([N+](=O)[O-])c(C)c(C)cc32)cc1. The van der Waals surface area contributed by atoms with Gasteiger partial charge in [0.25, 0.3) is 5.69 Å². The van der Waals surface area contributed by atoms with Crippen LogP contribution in [0.15, 0.2) is 36.7 Å². The normalized spacial score (nSPS) is 11.0. The van der Waals surface area contributed by atoms with Gasteiger partial charge in [-0.05, 0) is 38.0 Å². The number of nitro benzene ring substituents is 1. The molecule has 0 atom stereocenters. The first-order valence-electron chi connectivity index (χ1n) is 7.12. The van der Waals surface area contributed by atoms with E-state index < -0.39 is 0 Å². The van der Waals surface area contributed by atoms with Crippen LogP contribution in [0.1, 0.15) is 22.3 Å². The maximum atomic E-state index is 11.3. The number of hydrogen-bond acceptors (Lipinski definition) is 3. The van der Waals surface area contributed by atoms with Gasteiger partial charge in [0.05, 0.1) is 16.8 Å². The Morgan fingerprint density at radius 3 is 2.50 bits per heavy atom. The Labute approximate surface area is 128 Å². The summed E-state index contributed by atoms with van der Waals surface area (Å²) in [7, 11) is 0. The van der Waals surface area contributed by atoms with Gasteiger partial charge in [-0.1, -0.05) is 29.8 Å². The predicted octanol–water partition coefficient (Wildman–Crippen LogP) is 3.92. The van der Waals surface area contributed by atoms with Crippen LogP contribution in [0.5, 0.6) is 0 Å². The first-order valence-corrected chi connectivity index (χ1v) is 7.12. The van der Waals surface area contributed by atoms with Gasteiger partial charge in [0, 0.05) is 12.1 Å². The molecule has 5 nitrogen and oxygen atoms in total. The van der Waals surface area contributed by atoms with Crippen molar-refractivity contribution in [2.75, 3.05) is 0 Å². The molecular weight excluding hydrogens is 278 g/mol. The standard InChI is InChI=1S/C17H17N3O2/c1-11-4-6-14(7-5-11)9-19-10-18-16-15(19)8-12(2)13(3)17(16)20(21)22/h4-8,10H,9H2,1-3H3. The molecule has 22 heavy (non-hydrogen) atoms. The maximum absolute atomic E-state index is 11.3. The number of rotatable bonds is 3. The van der Waals surface area contributed by atoms with Gasteiger partial charge < -0.3 is 4.57 Å². The van der Waals surface area contributed by atoms with Crippen LogP contribution >= 0.6 is 0 Å². The van der Waals surface area contributed by atoms with Gasteiger partial charge >= 0.3 is 0 Å². The summed E-state index contributed by atoms with van der Waals surface area (Å²) in [5.41, 5.74) is 5.31. The molecule has 3 rings (SSSR count). The van der Waals surface area contributed by atoms with Crippen LogP contribution in [0.3, 0.4) is 0 Å². The minimum Gasteiger partial charge on any atom is -0.326 e. The Morgan fingerprint density at radius 2 is 1.86 bits per heavy atom. The number of benzene rings is 2. The molecule has 2 aromatic carbocycles. The zero-order chi connectivity index (χ0) is 15.9. The van der Waals surface area contributed by atoms with Gasteiger partial charge in [-0.25, -0.2) is 4.98 Å². The molecule has 5 heteroatoms. The highest BCUT2D eigenvalue weighted by atomic mass is 16.6. The lowest BCUT2D eigenvalue weighted by Gasteiger charge is -2.07. The van der Waals surface area contributed by atoms with Crippen molar-refractivity contribution in [3.63, 3.8) is 0 Å². The van der Waals surface area contributed by atoms with Crippen molar-refractivity contribution in [2.24, 2.45) is 0 Å². The Balaban J connectivity index is 2.12. The van der Waals surface area contributed by atoms with E-state index in [9.17, 15) is 10.1 Å². The Morgan fingerprint density at radius 1 is 1.18 bits per heavy atom. The van der Waals surface area contributed by atoms with E-state index in [-0.39, 0.29) is 10.6 Å². The summed E-state index contributed by atoms with van der Waals surface area (Å²) < 4.78 is 1.96. The molecule has 0 N–H and O–H groups in total. The smallest absolute Gasteiger partial charge is 0.300 e. The molecule has 112 valence electrons. The van der Waals surface area contributed by atoms with E-state index in [1.807, 2.05) is 24.5 Å². The summed E-state index contributed by atoms with van der Waals surface area (Å²) in [4.78, 5) is 15.3. The van der Waals surface area contributed by atoms with E-state index in [2.05, 4.69) is 29.2 Å². The second-order valence-electron chi connectivity index (χ2n) is 5.65. The number of hydrogen-bond donors (Lipinski definition) is 0. The zero-order valence-corrected chi connectivity index (χ0v) is 12.8. The molecule has 0 spiro atoms. The number of nitrogens with zero attached hydrogens (tertiary/aromatic N) is 3. The van der Waals surface area contributed by atoms with E-state index in [0.717, 1.165) is 16.6 Å². The van der Waals surface area contributed by atoms with Crippen molar-refractivity contribution >= 4 is 16.7 Å². The minimum absolute atomic E-state index is 0.109. The highest BCUT2D eigenvalue weighted by Gasteiger charge is 2.21. The molecule has 3 aromatic rings. The first-order chi connectivity index (χ1) is 10.5. The molecule has 0 fully saturated rings. The van der Waals surface area contributed by atoms with Crippen LogP contribution in [-0.2, 0) is 6.54 Å². The fourth-order valence-corrected chi connectivity index (χ4v) is 2.64. The number of aromatic nitrogens is 2. The van der Waals surface area contributed by atoms with Crippen LogP contribution < -0.4 is 0 Å². The van der Waals surface area contributed by atoms with Crippen molar-refractivity contribution in [3.8, 4) is 0 Å². The van der Waals surface area contributed by atoms with Gasteiger partial charge in [0.2, 0.25) is 0 Å². The van der Waals surface area contributed by atoms with E-state index in [1.165, 1.54) is 5.56 Å². The van der Waals surface area contributed by atoms with Gasteiger partial charge in [-0.3, -0.25) is 10.1 Å². The van der Waals surface area contributed by atoms with Crippen LogP contribution in [0.4, 0.5) is 5.69 Å². The summed E-state index contributed by atoms with van der Waals surface area (Å²) >= 11 is 0. The summed E-state index contributed by atoms with van der Waals surface area (Å²) in [6.07, 6.45) is 1.68. The van der Waals surface area contributed by atoms with E-state index in [1.54, 1.807) is 13.3 Å². The quantitative estimate of drug-likeness (QED) is 0.543. The third kappa shape index (κ3) is 2.35. The lowest BCUT2D eigenvalue weighted by atomic mass is 10.1. The van der Waals surface area contributed by atoms with Crippen molar-refractivity contribution in [2.45, 2.75) is 27.3 Å². The largest absolute Gasteiger partial charge is 0.326 e. The number of aryl methyl sites for hydroxylation is 2. The highest BCUT2D eigenvalue weighted by Crippen LogP contribution is 2.31. The number of nitro groups is 1. The lowest BCUT2D eigenvalue weighted by Crippen LogP contribution is -2.00. The third-order valence-electron chi connectivity index (χ3n) is 4.06. The monoisotopic (exact) mass is 295 g/mol. The van der Waals surface area contributed by atoms with Crippen molar-refractivity contribution in [3.05, 3.63) is 69.0 Å². The summed E-state index contributed by atoms with van der Waals surface area (Å²) in [5, 5.41) is 11.3. The lowest BCUT2D eigenvalue weighted by molar-refractivity contribution is -0.383. The third-order valence-corrected chi connectivity index (χ3v) is 4.06. The summed E-state index contributed by atoms with van der Waals surface area (Å²) in [5.74, 6) is 0. The second kappa shape index (κ2) is 5.26. The molecule has 0 saturated heterocycles. The summed E-state index contributed by atoms with van der Waals surface area (Å²) in [6.45, 7) is 6.36. The van der Waals surface area contributed by atoms with Gasteiger partial charge in [-0.2, -0.15) is 0 Å². The van der Waals surface area contributed by atoms with Crippen molar-refractivity contribution in [1.82, 2.24) is 9.55 Å². The molecule has 0 amide bonds. The molecule has 0 aliphatic rings. The van der Waals surface area contributed by atoms with Gasteiger partial charge in [-0.15, -0.1) is 0 Å². The molecular formula is C17H17N3O2. The molecule has 0 radical (unpaired) electrons. The molecule has 0 aliphatic carbocycles. The van der Waals surface area contributed by atoms with Crippen LogP contribution in [0.25, 0.3) is 11.0 Å². The average Bonchev–Trinajstić information content (AvgIpc) is 2.84. The Bertz CT molecular complexity index is 864. The highest BCUT2D eigenvalue weighted by molar-refractivity contribution is 5.87. The molecule has 0 aliphatic heterocycles. The topological polar surface area (TPSA) is 61.0 Å². The van der Waals surface area contributed by atoms with E-state index in [0.29, 0.717) is 17.6 Å². The Kier molecular flexibility index (Phi) is 3.41. The molecule has 0 unspecified atom stereocenters. The maximum Gasteiger partial charge on any atom is 0.300 e. The minimum atomic E-state index is -0.339. The Hall–Kier alpha value is -2.69. The van der Waals surface area contributed by atoms with E-state index in [4.69, 9.17) is 0 Å². The van der Waals surface area contributed by atoms with Crippen LogP contribution in [0, 0.1) is 30.9 Å². The molecule has 0 bridgehead atoms. The molecule has 1 heterocycles. The fraction of sp³-hybridized carbons (Fsp3) is 0.235. The fourth-order valence-electron chi connectivity index (χ4n) is 2.64. The second-order valence-corrected chi connectivity index (χ2v) is 5.65. The first kappa shape index (κ1) is 14.3. The van der Waals surface area contributed by atoms with Crippen molar-refractivity contribution < 1.29 is 4.92 Å². The average molecular weight is 295 g/mol. The van der Waals surface area contributed by atoms with E-state index >= 15 is 0 Å². The molecule has 0 saturated carbocycles. The van der Waals surface area contributed by atoms with Crippen LogP contribution in [-0.4, -0.2) is 14.5 Å². The van der Waals surface area contributed by atoms with Gasteiger partial charge in [0.1, 0.15) is 0 Å². The summed E-state index contributed by atoms with van der Waals surface area (Å²) in [6, 6.07) is 10.2. The number of imidazole rings is 1. The number of fused-ring (bicyclic) bond motifs is 1. The van der Waals surface area contributed by atoms with Gasteiger partial charge in [0.15, 0.2) is 5.52 Å². The molecule has 1 aromatic heterocycles. The van der Waals surface area contributed by atoms with Crippen molar-refractivity contribution in [1.29, 1.82) is 0 Å².